The summed E-state index contributed by atoms with van der Waals surface area (Å²) in [7, 11) is 4.55. The van der Waals surface area contributed by atoms with Gasteiger partial charge < -0.3 is 24.3 Å². The molecule has 0 aliphatic rings. The Hall–Kier alpha value is -3.09. The Labute approximate surface area is 190 Å². The van der Waals surface area contributed by atoms with E-state index in [2.05, 4.69) is 5.32 Å². The lowest BCUT2D eigenvalue weighted by atomic mass is 10.1. The first-order valence-corrected chi connectivity index (χ1v) is 9.99. The summed E-state index contributed by atoms with van der Waals surface area (Å²) in [4.78, 5) is 12.9. The molecular weight excluding hydrogens is 441 g/mol. The number of carbonyl (C=O) groups is 1. The van der Waals surface area contributed by atoms with Gasteiger partial charge in [-0.2, -0.15) is 0 Å². The van der Waals surface area contributed by atoms with E-state index in [1.807, 2.05) is 0 Å². The molecule has 0 radical (unpaired) electrons. The van der Waals surface area contributed by atoms with Gasteiger partial charge in [0.1, 0.15) is 29.6 Å². The highest BCUT2D eigenvalue weighted by Crippen LogP contribution is 2.36. The zero-order valence-corrected chi connectivity index (χ0v) is 18.7. The number of benzene rings is 3. The summed E-state index contributed by atoms with van der Waals surface area (Å²) >= 11 is 12.1. The van der Waals surface area contributed by atoms with Crippen molar-refractivity contribution in [1.82, 2.24) is 0 Å². The van der Waals surface area contributed by atoms with Crippen LogP contribution in [0.3, 0.4) is 0 Å². The Morgan fingerprint density at radius 1 is 0.871 bits per heavy atom. The fourth-order valence-corrected chi connectivity index (χ4v) is 3.31. The highest BCUT2D eigenvalue weighted by Gasteiger charge is 2.16. The summed E-state index contributed by atoms with van der Waals surface area (Å²) in [5.74, 6) is 1.71. The van der Waals surface area contributed by atoms with E-state index in [1.165, 1.54) is 14.2 Å². The van der Waals surface area contributed by atoms with Crippen LogP contribution in [-0.2, 0) is 6.61 Å². The maximum absolute atomic E-state index is 12.9. The Morgan fingerprint density at radius 3 is 2.29 bits per heavy atom. The second-order valence-electron chi connectivity index (χ2n) is 6.41. The van der Waals surface area contributed by atoms with E-state index in [-0.39, 0.29) is 12.5 Å². The molecule has 8 heteroatoms. The topological polar surface area (TPSA) is 66.0 Å². The predicted molar refractivity (Wildman–Crippen MR) is 121 cm³/mol. The van der Waals surface area contributed by atoms with E-state index in [9.17, 15) is 4.79 Å². The van der Waals surface area contributed by atoms with Crippen molar-refractivity contribution in [2.75, 3.05) is 26.6 Å². The van der Waals surface area contributed by atoms with Gasteiger partial charge in [-0.3, -0.25) is 4.79 Å². The minimum atomic E-state index is -0.339. The van der Waals surface area contributed by atoms with E-state index in [4.69, 9.17) is 42.1 Å². The van der Waals surface area contributed by atoms with Gasteiger partial charge in [0.2, 0.25) is 0 Å². The number of hydrogen-bond donors (Lipinski definition) is 1. The third kappa shape index (κ3) is 5.54. The number of halogens is 2. The van der Waals surface area contributed by atoms with Crippen molar-refractivity contribution in [3.63, 3.8) is 0 Å². The first-order valence-electron chi connectivity index (χ1n) is 9.23. The smallest absolute Gasteiger partial charge is 0.255 e. The van der Waals surface area contributed by atoms with E-state index in [1.54, 1.807) is 61.7 Å². The summed E-state index contributed by atoms with van der Waals surface area (Å²) in [6.07, 6.45) is 0. The van der Waals surface area contributed by atoms with Gasteiger partial charge in [-0.25, -0.2) is 0 Å². The van der Waals surface area contributed by atoms with Gasteiger partial charge in [-0.05, 0) is 36.4 Å². The molecule has 3 rings (SSSR count). The van der Waals surface area contributed by atoms with Crippen LogP contribution >= 0.6 is 23.2 Å². The molecule has 3 aromatic rings. The SMILES string of the molecule is COc1cc(NC(=O)c2ccc(OC)c(COc3cccc(Cl)c3)c2)c(OC)cc1Cl. The number of methoxy groups -OCH3 is 3. The molecule has 6 nitrogen and oxygen atoms in total. The number of carbonyl (C=O) groups excluding carboxylic acids is 1. The Kier molecular flexibility index (Phi) is 7.50. The van der Waals surface area contributed by atoms with E-state index >= 15 is 0 Å². The third-order valence-electron chi connectivity index (χ3n) is 4.46. The van der Waals surface area contributed by atoms with Crippen molar-refractivity contribution in [3.05, 3.63) is 75.8 Å². The number of ether oxygens (including phenoxy) is 4. The molecule has 0 atom stereocenters. The van der Waals surface area contributed by atoms with Gasteiger partial charge in [0.05, 0.1) is 32.0 Å². The third-order valence-corrected chi connectivity index (χ3v) is 4.99. The molecule has 0 saturated heterocycles. The van der Waals surface area contributed by atoms with Crippen LogP contribution in [0, 0.1) is 0 Å². The molecule has 0 saturated carbocycles. The molecule has 0 unspecified atom stereocenters. The largest absolute Gasteiger partial charge is 0.496 e. The maximum Gasteiger partial charge on any atom is 0.255 e. The summed E-state index contributed by atoms with van der Waals surface area (Å²) in [6, 6.07) is 15.3. The van der Waals surface area contributed by atoms with Gasteiger partial charge in [0.25, 0.3) is 5.91 Å². The normalized spacial score (nSPS) is 10.4. The molecule has 1 amide bonds. The molecule has 0 spiro atoms. The van der Waals surface area contributed by atoms with Gasteiger partial charge in [-0.15, -0.1) is 0 Å². The van der Waals surface area contributed by atoms with Crippen LogP contribution in [-0.4, -0.2) is 27.2 Å². The number of nitrogens with one attached hydrogen (secondary N) is 1. The van der Waals surface area contributed by atoms with Gasteiger partial charge in [0.15, 0.2) is 0 Å². The molecule has 0 aliphatic heterocycles. The average Bonchev–Trinajstić information content (AvgIpc) is 2.78. The van der Waals surface area contributed by atoms with E-state index in [0.717, 1.165) is 0 Å². The Morgan fingerprint density at radius 2 is 1.61 bits per heavy atom. The first-order chi connectivity index (χ1) is 14.9. The van der Waals surface area contributed by atoms with Crippen LogP contribution in [0.15, 0.2) is 54.6 Å². The zero-order valence-electron chi connectivity index (χ0n) is 17.2. The predicted octanol–water partition coefficient (Wildman–Crippen LogP) is 5.85. The van der Waals surface area contributed by atoms with Crippen molar-refractivity contribution >= 4 is 34.8 Å². The fourth-order valence-electron chi connectivity index (χ4n) is 2.90. The highest BCUT2D eigenvalue weighted by atomic mass is 35.5. The van der Waals surface area contributed by atoms with Gasteiger partial charge >= 0.3 is 0 Å². The maximum atomic E-state index is 12.9. The van der Waals surface area contributed by atoms with Gasteiger partial charge in [0, 0.05) is 28.3 Å². The molecule has 0 heterocycles. The number of rotatable bonds is 8. The minimum Gasteiger partial charge on any atom is -0.496 e. The molecule has 0 aliphatic carbocycles. The molecule has 0 aromatic heterocycles. The average molecular weight is 462 g/mol. The second-order valence-corrected chi connectivity index (χ2v) is 7.26. The van der Waals surface area contributed by atoms with Crippen LogP contribution in [0.5, 0.6) is 23.0 Å². The van der Waals surface area contributed by atoms with Crippen LogP contribution in [0.1, 0.15) is 15.9 Å². The van der Waals surface area contributed by atoms with Crippen LogP contribution < -0.4 is 24.3 Å². The molecule has 1 N–H and O–H groups in total. The monoisotopic (exact) mass is 461 g/mol. The summed E-state index contributed by atoms with van der Waals surface area (Å²) in [5, 5.41) is 3.78. The molecule has 0 bridgehead atoms. The molecule has 31 heavy (non-hydrogen) atoms. The van der Waals surface area contributed by atoms with Crippen molar-refractivity contribution in [2.45, 2.75) is 6.61 Å². The fraction of sp³-hybridized carbons (Fsp3) is 0.174. The van der Waals surface area contributed by atoms with E-state index < -0.39 is 0 Å². The Bertz CT molecular complexity index is 1090. The molecular formula is C23H21Cl2NO5. The van der Waals surface area contributed by atoms with Crippen molar-refractivity contribution in [3.8, 4) is 23.0 Å². The van der Waals surface area contributed by atoms with Crippen molar-refractivity contribution < 1.29 is 23.7 Å². The lowest BCUT2D eigenvalue weighted by molar-refractivity contribution is 0.102. The molecule has 0 fully saturated rings. The number of anilines is 1. The summed E-state index contributed by atoms with van der Waals surface area (Å²) < 4.78 is 21.7. The van der Waals surface area contributed by atoms with Crippen molar-refractivity contribution in [1.29, 1.82) is 0 Å². The zero-order chi connectivity index (χ0) is 22.4. The lowest BCUT2D eigenvalue weighted by Gasteiger charge is -2.15. The lowest BCUT2D eigenvalue weighted by Crippen LogP contribution is -2.14. The second kappa shape index (κ2) is 10.3. The van der Waals surface area contributed by atoms with Crippen LogP contribution in [0.25, 0.3) is 0 Å². The van der Waals surface area contributed by atoms with E-state index in [0.29, 0.717) is 49.9 Å². The number of hydrogen-bond acceptors (Lipinski definition) is 5. The quantitative estimate of drug-likeness (QED) is 0.455. The summed E-state index contributed by atoms with van der Waals surface area (Å²) in [6.45, 7) is 0.197. The first kappa shape index (κ1) is 22.6. The van der Waals surface area contributed by atoms with Crippen LogP contribution in [0.2, 0.25) is 10.0 Å². The van der Waals surface area contributed by atoms with Crippen molar-refractivity contribution in [2.24, 2.45) is 0 Å². The molecule has 162 valence electrons. The Balaban J connectivity index is 1.82. The minimum absolute atomic E-state index is 0.197. The van der Waals surface area contributed by atoms with Crippen LogP contribution in [0.4, 0.5) is 5.69 Å². The standard InChI is InChI=1S/C23H21Cl2NO5/c1-28-20-8-7-14(9-15(20)13-31-17-6-4-5-16(24)10-17)23(27)26-19-12-21(29-2)18(25)11-22(19)30-3/h4-12H,13H2,1-3H3,(H,26,27). The van der Waals surface area contributed by atoms with Gasteiger partial charge in [-0.1, -0.05) is 29.3 Å². The molecule has 3 aromatic carbocycles. The summed E-state index contributed by atoms with van der Waals surface area (Å²) in [5.41, 5.74) is 1.55. The highest BCUT2D eigenvalue weighted by molar-refractivity contribution is 6.32. The number of amides is 1.